The van der Waals surface area contributed by atoms with Gasteiger partial charge in [0.2, 0.25) is 20.0 Å². The average Bonchev–Trinajstić information content (AvgIpc) is 2.74. The number of methoxy groups -OCH3 is 1. The molecule has 1 fully saturated rings. The largest absolute Gasteiger partial charge is 0.495 e. The molecule has 2 aromatic rings. The van der Waals surface area contributed by atoms with Gasteiger partial charge in [-0.2, -0.15) is 4.31 Å². The molecule has 1 aliphatic heterocycles. The van der Waals surface area contributed by atoms with Gasteiger partial charge in [-0.1, -0.05) is 35.7 Å². The molecule has 1 saturated heterocycles. The van der Waals surface area contributed by atoms with Crippen LogP contribution in [-0.2, 0) is 20.0 Å². The highest BCUT2D eigenvalue weighted by Crippen LogP contribution is 2.29. The highest BCUT2D eigenvalue weighted by atomic mass is 35.5. The first-order valence-corrected chi connectivity index (χ1v) is 13.4. The number of ether oxygens (including phenoxy) is 1. The lowest BCUT2D eigenvalue weighted by atomic mass is 10.0. The third kappa shape index (κ3) is 5.59. The lowest BCUT2D eigenvalue weighted by Crippen LogP contribution is -2.45. The molecule has 3 rings (SSSR count). The lowest BCUT2D eigenvalue weighted by Gasteiger charge is -2.34. The van der Waals surface area contributed by atoms with Crippen LogP contribution in [0.15, 0.2) is 52.3 Å². The number of nitrogens with one attached hydrogen (secondary N) is 1. The van der Waals surface area contributed by atoms with Crippen molar-refractivity contribution in [2.45, 2.75) is 48.4 Å². The van der Waals surface area contributed by atoms with E-state index in [0.29, 0.717) is 19.4 Å². The molecule has 31 heavy (non-hydrogen) atoms. The molecule has 2 aromatic carbocycles. The van der Waals surface area contributed by atoms with Crippen LogP contribution in [-0.4, -0.2) is 47.4 Å². The van der Waals surface area contributed by atoms with Crippen molar-refractivity contribution in [1.29, 1.82) is 0 Å². The molecule has 0 saturated carbocycles. The van der Waals surface area contributed by atoms with Crippen LogP contribution < -0.4 is 9.46 Å². The van der Waals surface area contributed by atoms with Gasteiger partial charge in [0.05, 0.1) is 12.0 Å². The van der Waals surface area contributed by atoms with Crippen LogP contribution >= 0.6 is 11.6 Å². The molecular weight excluding hydrogens is 460 g/mol. The summed E-state index contributed by atoms with van der Waals surface area (Å²) in [6, 6.07) is 10.9. The molecule has 0 amide bonds. The van der Waals surface area contributed by atoms with E-state index in [1.165, 1.54) is 23.5 Å². The van der Waals surface area contributed by atoms with Crippen LogP contribution in [0.5, 0.6) is 5.75 Å². The van der Waals surface area contributed by atoms with Gasteiger partial charge < -0.3 is 4.74 Å². The summed E-state index contributed by atoms with van der Waals surface area (Å²) in [5.41, 5.74) is 0.986. The normalized spacial score (nSPS) is 18.1. The predicted molar refractivity (Wildman–Crippen MR) is 121 cm³/mol. The van der Waals surface area contributed by atoms with E-state index in [1.54, 1.807) is 30.3 Å². The zero-order valence-electron chi connectivity index (χ0n) is 17.5. The fraction of sp³-hybridized carbons (Fsp3) is 0.429. The summed E-state index contributed by atoms with van der Waals surface area (Å²) in [6.45, 7) is 2.43. The Bertz CT molecular complexity index is 1120. The van der Waals surface area contributed by atoms with E-state index in [0.717, 1.165) is 18.4 Å². The van der Waals surface area contributed by atoms with Gasteiger partial charge in [0.1, 0.15) is 10.6 Å². The van der Waals surface area contributed by atoms with Crippen LogP contribution in [0.3, 0.4) is 0 Å². The van der Waals surface area contributed by atoms with Crippen LogP contribution in [0, 0.1) is 6.92 Å². The highest BCUT2D eigenvalue weighted by Gasteiger charge is 2.33. The van der Waals surface area contributed by atoms with Crippen molar-refractivity contribution in [3.05, 3.63) is 53.1 Å². The van der Waals surface area contributed by atoms with Gasteiger partial charge in [-0.3, -0.25) is 0 Å². The first kappa shape index (κ1) is 24.0. The van der Waals surface area contributed by atoms with E-state index in [1.807, 2.05) is 6.92 Å². The monoisotopic (exact) mass is 486 g/mol. The quantitative estimate of drug-likeness (QED) is 0.615. The third-order valence-electron chi connectivity index (χ3n) is 5.39. The molecule has 170 valence electrons. The minimum Gasteiger partial charge on any atom is -0.495 e. The van der Waals surface area contributed by atoms with Gasteiger partial charge in [-0.05, 0) is 56.5 Å². The molecule has 1 unspecified atom stereocenters. The van der Waals surface area contributed by atoms with Crippen molar-refractivity contribution >= 4 is 31.6 Å². The van der Waals surface area contributed by atoms with Crippen LogP contribution in [0.4, 0.5) is 0 Å². The first-order chi connectivity index (χ1) is 14.6. The minimum atomic E-state index is -3.86. The Labute approximate surface area is 189 Å². The zero-order valence-corrected chi connectivity index (χ0v) is 19.9. The second kappa shape index (κ2) is 9.87. The van der Waals surface area contributed by atoms with Gasteiger partial charge in [0, 0.05) is 24.2 Å². The highest BCUT2D eigenvalue weighted by molar-refractivity contribution is 7.89. The number of benzene rings is 2. The Hall–Kier alpha value is -1.65. The minimum absolute atomic E-state index is 0.0460. The van der Waals surface area contributed by atoms with Crippen LogP contribution in [0.2, 0.25) is 5.02 Å². The van der Waals surface area contributed by atoms with Crippen molar-refractivity contribution in [2.75, 3.05) is 20.2 Å². The van der Waals surface area contributed by atoms with E-state index >= 15 is 0 Å². The second-order valence-electron chi connectivity index (χ2n) is 7.56. The summed E-state index contributed by atoms with van der Waals surface area (Å²) in [4.78, 5) is 0.213. The number of aryl methyl sites for hydroxylation is 1. The maximum absolute atomic E-state index is 13.2. The summed E-state index contributed by atoms with van der Waals surface area (Å²) in [5.74, 6) is 0.193. The molecule has 0 bridgehead atoms. The molecule has 0 radical (unpaired) electrons. The first-order valence-electron chi connectivity index (χ1n) is 10.1. The van der Waals surface area contributed by atoms with Crippen LogP contribution in [0.1, 0.15) is 31.2 Å². The molecule has 10 heteroatoms. The topological polar surface area (TPSA) is 92.8 Å². The maximum atomic E-state index is 13.2. The van der Waals surface area contributed by atoms with Crippen molar-refractivity contribution in [3.8, 4) is 5.75 Å². The van der Waals surface area contributed by atoms with E-state index in [2.05, 4.69) is 4.72 Å². The zero-order chi connectivity index (χ0) is 22.6. The maximum Gasteiger partial charge on any atom is 0.244 e. The Balaban J connectivity index is 1.73. The molecule has 7 nitrogen and oxygen atoms in total. The molecule has 1 N–H and O–H groups in total. The van der Waals surface area contributed by atoms with Gasteiger partial charge >= 0.3 is 0 Å². The van der Waals surface area contributed by atoms with Crippen molar-refractivity contribution < 1.29 is 21.6 Å². The Morgan fingerprint density at radius 3 is 2.48 bits per heavy atom. The molecule has 1 heterocycles. The summed E-state index contributed by atoms with van der Waals surface area (Å²) < 4.78 is 61.0. The number of piperidine rings is 1. The second-order valence-corrected chi connectivity index (χ2v) is 11.6. The molecule has 0 aliphatic carbocycles. The Kier molecular flexibility index (Phi) is 7.64. The fourth-order valence-electron chi connectivity index (χ4n) is 3.72. The fourth-order valence-corrected chi connectivity index (χ4v) is 6.92. The standard InChI is InChI=1S/C21H27ClN2O5S2/c1-16-6-9-19(10-7-16)31(27,28)24-14-4-3-5-18(24)12-13-23-30(25,26)21-15-17(22)8-11-20(21)29-2/h6-11,15,18,23H,3-5,12-14H2,1-2H3. The number of rotatable bonds is 8. The predicted octanol–water partition coefficient (Wildman–Crippen LogP) is 3.57. The average molecular weight is 487 g/mol. The van der Waals surface area contributed by atoms with E-state index in [4.69, 9.17) is 16.3 Å². The SMILES string of the molecule is COc1ccc(Cl)cc1S(=O)(=O)NCCC1CCCCN1S(=O)(=O)c1ccc(C)cc1. The molecule has 0 aromatic heterocycles. The number of hydrogen-bond donors (Lipinski definition) is 1. The lowest BCUT2D eigenvalue weighted by molar-refractivity contribution is 0.242. The smallest absolute Gasteiger partial charge is 0.244 e. The Morgan fingerprint density at radius 2 is 1.81 bits per heavy atom. The summed E-state index contributed by atoms with van der Waals surface area (Å²) >= 11 is 5.95. The molecule has 0 spiro atoms. The van der Waals surface area contributed by atoms with Crippen molar-refractivity contribution in [1.82, 2.24) is 9.03 Å². The van der Waals surface area contributed by atoms with Gasteiger partial charge in [-0.15, -0.1) is 0 Å². The van der Waals surface area contributed by atoms with Crippen molar-refractivity contribution in [3.63, 3.8) is 0 Å². The van der Waals surface area contributed by atoms with Gasteiger partial charge in [-0.25, -0.2) is 21.6 Å². The summed E-state index contributed by atoms with van der Waals surface area (Å²) in [6.07, 6.45) is 2.74. The third-order valence-corrected chi connectivity index (χ3v) is 9.07. The van der Waals surface area contributed by atoms with Crippen LogP contribution in [0.25, 0.3) is 0 Å². The number of sulfonamides is 2. The van der Waals surface area contributed by atoms with Gasteiger partial charge in [0.15, 0.2) is 0 Å². The van der Waals surface area contributed by atoms with E-state index < -0.39 is 20.0 Å². The number of hydrogen-bond acceptors (Lipinski definition) is 5. The van der Waals surface area contributed by atoms with Crippen molar-refractivity contribution in [2.24, 2.45) is 0 Å². The van der Waals surface area contributed by atoms with E-state index in [9.17, 15) is 16.8 Å². The van der Waals surface area contributed by atoms with E-state index in [-0.39, 0.29) is 33.1 Å². The Morgan fingerprint density at radius 1 is 1.10 bits per heavy atom. The number of nitrogens with zero attached hydrogens (tertiary/aromatic N) is 1. The summed E-state index contributed by atoms with van der Waals surface area (Å²) in [7, 11) is -6.12. The number of halogens is 1. The van der Waals surface area contributed by atoms with Gasteiger partial charge in [0.25, 0.3) is 0 Å². The molecule has 1 atom stereocenters. The summed E-state index contributed by atoms with van der Waals surface area (Å²) in [5, 5.41) is 0.281. The molecule has 1 aliphatic rings. The molecular formula is C21H27ClN2O5S2.